The number of rotatable bonds is 7. The number of benzene rings is 2. The maximum absolute atomic E-state index is 15.0. The molecule has 0 saturated carbocycles. The van der Waals surface area contributed by atoms with Crippen molar-refractivity contribution in [1.82, 2.24) is 10.2 Å². The third-order valence-corrected chi connectivity index (χ3v) is 10.1. The molecule has 0 radical (unpaired) electrons. The van der Waals surface area contributed by atoms with Gasteiger partial charge in [0.2, 0.25) is 11.8 Å². The van der Waals surface area contributed by atoms with Crippen LogP contribution in [0.15, 0.2) is 65.2 Å². The van der Waals surface area contributed by atoms with Gasteiger partial charge in [0.25, 0.3) is 5.91 Å². The Morgan fingerprint density at radius 2 is 1.78 bits per heavy atom. The van der Waals surface area contributed by atoms with E-state index in [9.17, 15) is 19.5 Å². The van der Waals surface area contributed by atoms with Gasteiger partial charge in [0.15, 0.2) is 0 Å². The van der Waals surface area contributed by atoms with Crippen LogP contribution in [-0.2, 0) is 28.7 Å². The third kappa shape index (κ3) is 6.00. The van der Waals surface area contributed by atoms with Gasteiger partial charge in [-0.3, -0.25) is 19.2 Å². The lowest BCUT2D eigenvalue weighted by molar-refractivity contribution is -0.158. The number of amides is 3. The number of anilines is 1. The van der Waals surface area contributed by atoms with Crippen molar-refractivity contribution in [2.45, 2.75) is 69.3 Å². The quantitative estimate of drug-likeness (QED) is 0.255. The highest BCUT2D eigenvalue weighted by molar-refractivity contribution is 9.11. The Morgan fingerprint density at radius 3 is 2.59 bits per heavy atom. The topological polar surface area (TPSA) is 125 Å². The average molecular weight is 695 g/mol. The Bertz CT molecular complexity index is 1580. The van der Waals surface area contributed by atoms with Crippen molar-refractivity contribution in [3.63, 3.8) is 0 Å². The molecule has 2 fully saturated rings. The lowest BCUT2D eigenvalue weighted by Crippen LogP contribution is -2.56. The maximum atomic E-state index is 15.0. The highest BCUT2D eigenvalue weighted by Gasteiger charge is 2.74. The van der Waals surface area contributed by atoms with Gasteiger partial charge in [-0.25, -0.2) is 0 Å². The van der Waals surface area contributed by atoms with Crippen molar-refractivity contribution in [1.29, 1.82) is 0 Å². The molecular weight excluding hydrogens is 654 g/mol. The molecule has 3 amide bonds. The van der Waals surface area contributed by atoms with E-state index in [-0.39, 0.29) is 43.8 Å². The van der Waals surface area contributed by atoms with Crippen molar-refractivity contribution < 1.29 is 33.8 Å². The minimum absolute atomic E-state index is 0.100. The summed E-state index contributed by atoms with van der Waals surface area (Å²) < 4.78 is 13.0. The molecule has 6 atom stereocenters. The summed E-state index contributed by atoms with van der Waals surface area (Å²) in [5.74, 6) is -3.28. The fourth-order valence-electron chi connectivity index (χ4n) is 7.25. The highest BCUT2D eigenvalue weighted by Crippen LogP contribution is 2.59. The Balaban J connectivity index is 1.43. The van der Waals surface area contributed by atoms with Crippen LogP contribution in [0.5, 0.6) is 0 Å². The number of nitrogens with one attached hydrogen (secondary N) is 1. The molecule has 4 heterocycles. The molecule has 46 heavy (non-hydrogen) atoms. The van der Waals surface area contributed by atoms with Crippen molar-refractivity contribution >= 4 is 56.1 Å². The number of aliphatic hydroxyl groups is 1. The molecule has 6 rings (SSSR count). The number of hydrogen-bond donors (Lipinski definition) is 2. The second kappa shape index (κ2) is 13.7. The molecule has 0 aliphatic carbocycles. The van der Waals surface area contributed by atoms with E-state index in [4.69, 9.17) is 9.47 Å². The summed E-state index contributed by atoms with van der Waals surface area (Å²) in [7, 11) is 0. The van der Waals surface area contributed by atoms with Gasteiger partial charge >= 0.3 is 5.97 Å². The van der Waals surface area contributed by atoms with E-state index < -0.39 is 41.7 Å². The third-order valence-electron chi connectivity index (χ3n) is 9.45. The number of cyclic esters (lactones) is 1. The van der Waals surface area contributed by atoms with Crippen molar-refractivity contribution in [2.75, 3.05) is 31.1 Å². The molecule has 4 aliphatic rings. The minimum Gasteiger partial charge on any atom is -0.460 e. The number of ether oxygens (including phenoxy) is 2. The normalized spacial score (nSPS) is 30.8. The molecule has 244 valence electrons. The largest absolute Gasteiger partial charge is 0.460 e. The van der Waals surface area contributed by atoms with Crippen molar-refractivity contribution in [2.24, 2.45) is 11.8 Å². The molecule has 11 heteroatoms. The first-order chi connectivity index (χ1) is 22.2. The first-order valence-electron chi connectivity index (χ1n) is 16.1. The van der Waals surface area contributed by atoms with Gasteiger partial charge in [0.1, 0.15) is 29.8 Å². The van der Waals surface area contributed by atoms with Crippen LogP contribution in [0, 0.1) is 11.8 Å². The fraction of sp³-hybridized carbons (Fsp3) is 0.486. The zero-order valence-corrected chi connectivity index (χ0v) is 27.5. The number of likely N-dealkylation sites (tertiary alicyclic amines) is 1. The zero-order valence-electron chi connectivity index (χ0n) is 25.9. The Labute approximate surface area is 276 Å². The van der Waals surface area contributed by atoms with Crippen LogP contribution in [0.4, 0.5) is 5.69 Å². The van der Waals surface area contributed by atoms with Gasteiger partial charge in [-0.1, -0.05) is 71.3 Å². The molecule has 1 spiro atoms. The minimum atomic E-state index is -1.36. The maximum Gasteiger partial charge on any atom is 0.313 e. The first kappa shape index (κ1) is 32.4. The van der Waals surface area contributed by atoms with Crippen LogP contribution >= 0.6 is 15.9 Å². The second-order valence-corrected chi connectivity index (χ2v) is 13.5. The van der Waals surface area contributed by atoms with Crippen LogP contribution in [0.3, 0.4) is 0 Å². The number of carbonyl (C=O) groups is 4. The molecule has 5 bridgehead atoms. The summed E-state index contributed by atoms with van der Waals surface area (Å²) >= 11 is 3.59. The number of carbonyl (C=O) groups excluding carboxylic acids is 4. The van der Waals surface area contributed by atoms with Gasteiger partial charge < -0.3 is 29.7 Å². The number of aliphatic hydroxyl groups excluding tert-OH is 1. The number of allylic oxidation sites excluding steroid dienone is 1. The molecule has 2 aromatic carbocycles. The van der Waals surface area contributed by atoms with E-state index >= 15 is 4.79 Å². The molecular formula is C35H40BrN3O7. The molecule has 2 aromatic rings. The Hall–Kier alpha value is -3.54. The first-order valence-corrected chi connectivity index (χ1v) is 16.9. The second-order valence-electron chi connectivity index (χ2n) is 12.5. The van der Waals surface area contributed by atoms with Gasteiger partial charge in [0.05, 0.1) is 12.5 Å². The molecule has 4 aliphatic heterocycles. The summed E-state index contributed by atoms with van der Waals surface area (Å²) in [6, 6.07) is 12.7. The standard InChI is InChI=1S/C35H40BrN3O7/c1-22-21-37-27(41)13-5-4-9-16-38(25-15-14-23-11-6-7-12-24(23)19-25)33(43)31-35-20-26(36)30(46-35)28(34(44)45-22)29(35)32(42)39(31)17-8-2-3-10-18-40/h4,6-7,9,11-12,14-15,19-20,22,28-31,40H,2-3,5,8,10,13,16-18,21H2,1H3,(H,37,41)/b9-4-/t22-,28+,29-,30+,31+,35-/m1/s1. The van der Waals surface area contributed by atoms with Gasteiger partial charge in [-0.15, -0.1) is 0 Å². The summed E-state index contributed by atoms with van der Waals surface area (Å²) in [5, 5.41) is 14.1. The predicted molar refractivity (Wildman–Crippen MR) is 176 cm³/mol. The summed E-state index contributed by atoms with van der Waals surface area (Å²) in [6.07, 6.45) is 7.77. The highest BCUT2D eigenvalue weighted by atomic mass is 79.9. The zero-order chi connectivity index (χ0) is 32.4. The number of esters is 1. The van der Waals surface area contributed by atoms with E-state index in [0.29, 0.717) is 36.0 Å². The fourth-order valence-corrected chi connectivity index (χ4v) is 7.98. The predicted octanol–water partition coefficient (Wildman–Crippen LogP) is 4.00. The van der Waals surface area contributed by atoms with E-state index in [1.54, 1.807) is 16.7 Å². The summed E-state index contributed by atoms with van der Waals surface area (Å²) in [4.78, 5) is 58.9. The summed E-state index contributed by atoms with van der Waals surface area (Å²) in [6.45, 7) is 2.46. The van der Waals surface area contributed by atoms with Crippen molar-refractivity contribution in [3.05, 3.63) is 65.2 Å². The van der Waals surface area contributed by atoms with E-state index in [0.717, 1.165) is 23.6 Å². The number of halogens is 1. The number of unbranched alkanes of at least 4 members (excludes halogenated alkanes) is 3. The van der Waals surface area contributed by atoms with Gasteiger partial charge in [-0.05, 0) is 55.2 Å². The summed E-state index contributed by atoms with van der Waals surface area (Å²) in [5.41, 5.74) is -0.698. The monoisotopic (exact) mass is 693 g/mol. The van der Waals surface area contributed by atoms with E-state index in [1.165, 1.54) is 0 Å². The number of nitrogens with zero attached hydrogens (tertiary/aromatic N) is 2. The molecule has 2 saturated heterocycles. The van der Waals surface area contributed by atoms with E-state index in [2.05, 4.69) is 21.2 Å². The molecule has 0 unspecified atom stereocenters. The SMILES string of the molecule is C[C@@H]1CNC(=O)CC/C=C\CN(c2ccc3ccccc3c2)C(=O)[C@@H]2N(CCCCCCO)C(=O)[C@H]3[C@H](C(=O)O1)[C@H]1O[C@@]23C=C1Br. The van der Waals surface area contributed by atoms with Crippen molar-refractivity contribution in [3.8, 4) is 0 Å². The van der Waals surface area contributed by atoms with Crippen LogP contribution in [0.1, 0.15) is 45.4 Å². The lowest BCUT2D eigenvalue weighted by Gasteiger charge is -2.36. The molecule has 10 nitrogen and oxygen atoms in total. The van der Waals surface area contributed by atoms with Gasteiger partial charge in [-0.2, -0.15) is 0 Å². The molecule has 0 aromatic heterocycles. The smallest absolute Gasteiger partial charge is 0.313 e. The number of hydrogen-bond acceptors (Lipinski definition) is 7. The molecule has 2 N–H and O–H groups in total. The van der Waals surface area contributed by atoms with Crippen LogP contribution in [-0.4, -0.2) is 83.8 Å². The van der Waals surface area contributed by atoms with Crippen LogP contribution < -0.4 is 10.2 Å². The lowest BCUT2D eigenvalue weighted by atomic mass is 9.74. The van der Waals surface area contributed by atoms with Crippen LogP contribution in [0.25, 0.3) is 10.8 Å². The Morgan fingerprint density at radius 1 is 1.00 bits per heavy atom. The Kier molecular flexibility index (Phi) is 9.63. The van der Waals surface area contributed by atoms with E-state index in [1.807, 2.05) is 60.7 Å². The van der Waals surface area contributed by atoms with Gasteiger partial charge in [0, 0.05) is 36.3 Å². The average Bonchev–Trinajstić information content (AvgIpc) is 3.64. The van der Waals surface area contributed by atoms with Crippen LogP contribution in [0.2, 0.25) is 0 Å². The number of fused-ring (bicyclic) bond motifs is 3.